The summed E-state index contributed by atoms with van der Waals surface area (Å²) in [5.74, 6) is 1.27. The van der Waals surface area contributed by atoms with Crippen molar-refractivity contribution < 1.29 is 17.9 Å². The number of thioether (sulfide) groups is 1. The zero-order valence-electron chi connectivity index (χ0n) is 15.5. The van der Waals surface area contributed by atoms with Crippen molar-refractivity contribution in [2.75, 3.05) is 19.5 Å². The second-order valence-electron chi connectivity index (χ2n) is 5.59. The minimum absolute atomic E-state index is 0.248. The number of benzene rings is 2. The van der Waals surface area contributed by atoms with Crippen LogP contribution in [-0.2, 0) is 10.0 Å². The molecule has 0 fully saturated rings. The van der Waals surface area contributed by atoms with E-state index < -0.39 is 16.1 Å². The van der Waals surface area contributed by atoms with E-state index in [1.54, 1.807) is 43.0 Å². The summed E-state index contributed by atoms with van der Waals surface area (Å²) in [6.07, 6.45) is 1.95. The van der Waals surface area contributed by atoms with E-state index in [1.807, 2.05) is 38.3 Å². The van der Waals surface area contributed by atoms with E-state index in [9.17, 15) is 8.42 Å². The SMILES string of the molecule is CCOc1ccc(C(C)NS(=O)(=O)c2ccc(SC)cc2)cc1OCC. The lowest BCUT2D eigenvalue weighted by atomic mass is 10.1. The Kier molecular flexibility index (Phi) is 7.37. The van der Waals surface area contributed by atoms with E-state index in [2.05, 4.69) is 4.72 Å². The minimum Gasteiger partial charge on any atom is -0.490 e. The average Bonchev–Trinajstić information content (AvgIpc) is 2.63. The second-order valence-corrected chi connectivity index (χ2v) is 8.18. The fourth-order valence-corrected chi connectivity index (χ4v) is 4.10. The molecule has 0 saturated carbocycles. The van der Waals surface area contributed by atoms with Gasteiger partial charge in [-0.25, -0.2) is 13.1 Å². The van der Waals surface area contributed by atoms with Crippen LogP contribution in [0.25, 0.3) is 0 Å². The monoisotopic (exact) mass is 395 g/mol. The quantitative estimate of drug-likeness (QED) is 0.643. The van der Waals surface area contributed by atoms with Gasteiger partial charge < -0.3 is 9.47 Å². The molecule has 0 spiro atoms. The topological polar surface area (TPSA) is 64.6 Å². The molecular formula is C19H25NO4S2. The van der Waals surface area contributed by atoms with Crippen molar-refractivity contribution in [3.05, 3.63) is 48.0 Å². The largest absolute Gasteiger partial charge is 0.490 e. The van der Waals surface area contributed by atoms with E-state index >= 15 is 0 Å². The number of ether oxygens (including phenoxy) is 2. The van der Waals surface area contributed by atoms with Crippen LogP contribution >= 0.6 is 11.8 Å². The standard InChI is InChI=1S/C19H25NO4S2/c1-5-23-18-12-7-15(13-19(18)24-6-2)14(3)20-26(21,22)17-10-8-16(25-4)9-11-17/h7-14,20H,5-6H2,1-4H3. The molecule has 26 heavy (non-hydrogen) atoms. The second kappa shape index (κ2) is 9.30. The highest BCUT2D eigenvalue weighted by molar-refractivity contribution is 7.98. The maximum atomic E-state index is 12.6. The van der Waals surface area contributed by atoms with E-state index in [0.29, 0.717) is 24.7 Å². The molecule has 0 bridgehead atoms. The average molecular weight is 396 g/mol. The molecule has 5 nitrogen and oxygen atoms in total. The third-order valence-corrected chi connectivity index (χ3v) is 6.07. The fraction of sp³-hybridized carbons (Fsp3) is 0.368. The van der Waals surface area contributed by atoms with Crippen LogP contribution in [0, 0.1) is 0 Å². The summed E-state index contributed by atoms with van der Waals surface area (Å²) in [5.41, 5.74) is 0.807. The van der Waals surface area contributed by atoms with Crippen molar-refractivity contribution in [2.24, 2.45) is 0 Å². The van der Waals surface area contributed by atoms with Gasteiger partial charge in [0.1, 0.15) is 0 Å². The molecule has 2 aromatic carbocycles. The molecule has 1 N–H and O–H groups in total. The molecule has 2 aromatic rings. The van der Waals surface area contributed by atoms with Gasteiger partial charge in [-0.1, -0.05) is 6.07 Å². The van der Waals surface area contributed by atoms with Crippen molar-refractivity contribution in [1.29, 1.82) is 0 Å². The molecule has 0 heterocycles. The number of sulfonamides is 1. The van der Waals surface area contributed by atoms with Crippen LogP contribution in [0.1, 0.15) is 32.4 Å². The molecule has 0 aliphatic carbocycles. The molecule has 0 radical (unpaired) electrons. The van der Waals surface area contributed by atoms with Crippen LogP contribution in [0.4, 0.5) is 0 Å². The van der Waals surface area contributed by atoms with Crippen LogP contribution in [0.15, 0.2) is 52.3 Å². The van der Waals surface area contributed by atoms with Crippen LogP contribution < -0.4 is 14.2 Å². The summed E-state index contributed by atoms with van der Waals surface area (Å²) >= 11 is 1.57. The molecular weight excluding hydrogens is 370 g/mol. The Labute approximate surface area is 160 Å². The summed E-state index contributed by atoms with van der Waals surface area (Å²) < 4.78 is 39.1. The highest BCUT2D eigenvalue weighted by Crippen LogP contribution is 2.31. The number of rotatable bonds is 9. The van der Waals surface area contributed by atoms with Crippen molar-refractivity contribution in [3.63, 3.8) is 0 Å². The first kappa shape index (κ1) is 20.6. The first-order valence-corrected chi connectivity index (χ1v) is 11.2. The Bertz CT molecular complexity index is 820. The number of hydrogen-bond donors (Lipinski definition) is 1. The van der Waals surface area contributed by atoms with Crippen molar-refractivity contribution in [1.82, 2.24) is 4.72 Å². The van der Waals surface area contributed by atoms with Gasteiger partial charge in [0, 0.05) is 10.9 Å². The lowest BCUT2D eigenvalue weighted by Gasteiger charge is -2.17. The van der Waals surface area contributed by atoms with Gasteiger partial charge in [-0.05, 0) is 69.0 Å². The zero-order valence-corrected chi connectivity index (χ0v) is 17.1. The molecule has 1 atom stereocenters. The maximum absolute atomic E-state index is 12.6. The van der Waals surface area contributed by atoms with Crippen LogP contribution in [0.2, 0.25) is 0 Å². The Hall–Kier alpha value is -1.70. The van der Waals surface area contributed by atoms with Crippen LogP contribution in [-0.4, -0.2) is 27.9 Å². The van der Waals surface area contributed by atoms with Gasteiger partial charge in [-0.3, -0.25) is 0 Å². The van der Waals surface area contributed by atoms with E-state index in [0.717, 1.165) is 10.5 Å². The molecule has 0 aromatic heterocycles. The first-order chi connectivity index (χ1) is 12.4. The zero-order chi connectivity index (χ0) is 19.2. The fourth-order valence-electron chi connectivity index (χ4n) is 2.46. The Balaban J connectivity index is 2.22. The number of nitrogens with one attached hydrogen (secondary N) is 1. The van der Waals surface area contributed by atoms with Gasteiger partial charge in [-0.2, -0.15) is 0 Å². The van der Waals surface area contributed by atoms with E-state index in [-0.39, 0.29) is 4.90 Å². The van der Waals surface area contributed by atoms with Gasteiger partial charge in [0.25, 0.3) is 0 Å². The molecule has 0 aliphatic rings. The minimum atomic E-state index is -3.61. The smallest absolute Gasteiger partial charge is 0.241 e. The molecule has 7 heteroatoms. The first-order valence-electron chi connectivity index (χ1n) is 8.47. The highest BCUT2D eigenvalue weighted by Gasteiger charge is 2.19. The van der Waals surface area contributed by atoms with Gasteiger partial charge >= 0.3 is 0 Å². The van der Waals surface area contributed by atoms with Crippen LogP contribution in [0.3, 0.4) is 0 Å². The van der Waals surface area contributed by atoms with E-state index in [4.69, 9.17) is 9.47 Å². The molecule has 1 unspecified atom stereocenters. The lowest BCUT2D eigenvalue weighted by Crippen LogP contribution is -2.26. The summed E-state index contributed by atoms with van der Waals surface area (Å²) in [7, 11) is -3.61. The summed E-state index contributed by atoms with van der Waals surface area (Å²) in [5, 5.41) is 0. The van der Waals surface area contributed by atoms with Crippen molar-refractivity contribution in [3.8, 4) is 11.5 Å². The lowest BCUT2D eigenvalue weighted by molar-refractivity contribution is 0.287. The van der Waals surface area contributed by atoms with Crippen molar-refractivity contribution >= 4 is 21.8 Å². The van der Waals surface area contributed by atoms with Crippen LogP contribution in [0.5, 0.6) is 11.5 Å². The van der Waals surface area contributed by atoms with Gasteiger partial charge in [0.2, 0.25) is 10.0 Å². The predicted octanol–water partition coefficient (Wildman–Crippen LogP) is 4.25. The third-order valence-electron chi connectivity index (χ3n) is 3.77. The maximum Gasteiger partial charge on any atom is 0.241 e. The Morgan fingerprint density at radius 2 is 1.62 bits per heavy atom. The van der Waals surface area contributed by atoms with Crippen molar-refractivity contribution in [2.45, 2.75) is 36.6 Å². The normalized spacial score (nSPS) is 12.6. The molecule has 142 valence electrons. The molecule has 0 aliphatic heterocycles. The molecule has 0 saturated heterocycles. The number of hydrogen-bond acceptors (Lipinski definition) is 5. The highest BCUT2D eigenvalue weighted by atomic mass is 32.2. The molecule has 0 amide bonds. The van der Waals surface area contributed by atoms with E-state index in [1.165, 1.54) is 0 Å². The summed E-state index contributed by atoms with van der Waals surface area (Å²) in [6.45, 7) is 6.65. The van der Waals surface area contributed by atoms with Gasteiger partial charge in [0.05, 0.1) is 18.1 Å². The molecule has 2 rings (SSSR count). The van der Waals surface area contributed by atoms with Gasteiger partial charge in [0.15, 0.2) is 11.5 Å². The predicted molar refractivity (Wildman–Crippen MR) is 106 cm³/mol. The Morgan fingerprint density at radius 1 is 1.00 bits per heavy atom. The summed E-state index contributed by atoms with van der Waals surface area (Å²) in [4.78, 5) is 1.27. The third kappa shape index (κ3) is 5.16. The Morgan fingerprint density at radius 3 is 2.19 bits per heavy atom. The van der Waals surface area contributed by atoms with Gasteiger partial charge in [-0.15, -0.1) is 11.8 Å². The summed E-state index contributed by atoms with van der Waals surface area (Å²) in [6, 6.07) is 11.9.